The third-order valence-electron chi connectivity index (χ3n) is 2.36. The molecule has 1 aromatic heterocycles. The average molecular weight is 293 g/mol. The lowest BCUT2D eigenvalue weighted by molar-refractivity contribution is 0.0534. The zero-order valence-electron chi connectivity index (χ0n) is 12.8. The summed E-state index contributed by atoms with van der Waals surface area (Å²) >= 11 is 0. The highest BCUT2D eigenvalue weighted by Gasteiger charge is 2.18. The largest absolute Gasteiger partial charge is 0.476 e. The number of carbonyl (C=O) groups excluding carboxylic acids is 1. The number of carbonyl (C=O) groups is 2. The Bertz CT molecular complexity index is 615. The summed E-state index contributed by atoms with van der Waals surface area (Å²) in [5.74, 6) is 4.31. The molecule has 7 heteroatoms. The standard InChI is InChI=1S/C14H19N3O4/c1-9-10(11(12(18)19)17(5)16-9)7-6-8-15-13(20)21-14(2,3)4/h8H2,1-5H3,(H,15,20)(H,18,19). The third-order valence-corrected chi connectivity index (χ3v) is 2.36. The van der Waals surface area contributed by atoms with Crippen LogP contribution in [-0.2, 0) is 11.8 Å². The molecule has 2 N–H and O–H groups in total. The predicted octanol–water partition coefficient (Wildman–Crippen LogP) is 1.30. The normalized spacial score (nSPS) is 10.5. The van der Waals surface area contributed by atoms with Crippen molar-refractivity contribution in [3.8, 4) is 11.8 Å². The van der Waals surface area contributed by atoms with Crippen LogP contribution < -0.4 is 5.32 Å². The summed E-state index contributed by atoms with van der Waals surface area (Å²) < 4.78 is 6.32. The minimum atomic E-state index is -1.09. The fourth-order valence-electron chi connectivity index (χ4n) is 1.62. The number of aromatic nitrogens is 2. The minimum absolute atomic E-state index is 0.0252. The Hall–Kier alpha value is -2.49. The topological polar surface area (TPSA) is 93.5 Å². The van der Waals surface area contributed by atoms with Gasteiger partial charge in [-0.2, -0.15) is 5.10 Å². The number of hydrogen-bond donors (Lipinski definition) is 2. The van der Waals surface area contributed by atoms with Crippen LogP contribution in [0.2, 0.25) is 0 Å². The van der Waals surface area contributed by atoms with Crippen molar-refractivity contribution in [1.29, 1.82) is 0 Å². The van der Waals surface area contributed by atoms with E-state index in [-0.39, 0.29) is 12.2 Å². The van der Waals surface area contributed by atoms with Crippen molar-refractivity contribution in [3.63, 3.8) is 0 Å². The van der Waals surface area contributed by atoms with E-state index in [1.807, 2.05) is 0 Å². The van der Waals surface area contributed by atoms with Crippen LogP contribution in [0.25, 0.3) is 0 Å². The lowest BCUT2D eigenvalue weighted by atomic mass is 10.2. The van der Waals surface area contributed by atoms with Gasteiger partial charge in [-0.05, 0) is 27.7 Å². The first-order valence-corrected chi connectivity index (χ1v) is 6.34. The Morgan fingerprint density at radius 2 is 2.05 bits per heavy atom. The van der Waals surface area contributed by atoms with Gasteiger partial charge in [-0.1, -0.05) is 11.8 Å². The molecular weight excluding hydrogens is 274 g/mol. The van der Waals surface area contributed by atoms with Gasteiger partial charge in [-0.3, -0.25) is 4.68 Å². The highest BCUT2D eigenvalue weighted by atomic mass is 16.6. The van der Waals surface area contributed by atoms with Crippen molar-refractivity contribution in [3.05, 3.63) is 17.0 Å². The van der Waals surface area contributed by atoms with E-state index in [2.05, 4.69) is 22.3 Å². The molecule has 0 aliphatic carbocycles. The maximum absolute atomic E-state index is 11.4. The summed E-state index contributed by atoms with van der Waals surface area (Å²) in [6.45, 7) is 7.02. The number of amides is 1. The van der Waals surface area contributed by atoms with Crippen molar-refractivity contribution >= 4 is 12.1 Å². The van der Waals surface area contributed by atoms with Gasteiger partial charge in [0, 0.05) is 7.05 Å². The molecule has 0 aliphatic heterocycles. The molecule has 1 amide bonds. The number of nitrogens with one attached hydrogen (secondary N) is 1. The summed E-state index contributed by atoms with van der Waals surface area (Å²) in [6.07, 6.45) is -0.571. The molecule has 0 unspecified atom stereocenters. The Labute approximate surface area is 123 Å². The fourth-order valence-corrected chi connectivity index (χ4v) is 1.62. The number of ether oxygens (including phenoxy) is 1. The Morgan fingerprint density at radius 1 is 1.43 bits per heavy atom. The average Bonchev–Trinajstić information content (AvgIpc) is 2.57. The van der Waals surface area contributed by atoms with Crippen molar-refractivity contribution in [2.24, 2.45) is 7.05 Å². The molecule has 0 aliphatic rings. The second-order valence-electron chi connectivity index (χ2n) is 5.39. The van der Waals surface area contributed by atoms with Gasteiger partial charge in [0.25, 0.3) is 0 Å². The number of aromatic carboxylic acids is 1. The lowest BCUT2D eigenvalue weighted by Crippen LogP contribution is -2.32. The molecule has 0 aromatic carbocycles. The van der Waals surface area contributed by atoms with Gasteiger partial charge in [-0.25, -0.2) is 9.59 Å². The van der Waals surface area contributed by atoms with Crippen LogP contribution >= 0.6 is 0 Å². The molecule has 7 nitrogen and oxygen atoms in total. The van der Waals surface area contributed by atoms with Crippen LogP contribution in [0.5, 0.6) is 0 Å². The second kappa shape index (κ2) is 6.31. The van der Waals surface area contributed by atoms with Crippen LogP contribution in [0.15, 0.2) is 0 Å². The number of rotatable bonds is 2. The van der Waals surface area contributed by atoms with Crippen LogP contribution in [0.4, 0.5) is 4.79 Å². The first-order chi connectivity index (χ1) is 9.61. The predicted molar refractivity (Wildman–Crippen MR) is 76.0 cm³/mol. The van der Waals surface area contributed by atoms with Gasteiger partial charge in [0.05, 0.1) is 17.8 Å². The highest BCUT2D eigenvalue weighted by molar-refractivity contribution is 5.89. The molecule has 0 radical (unpaired) electrons. The van der Waals surface area contributed by atoms with Gasteiger partial charge in [-0.15, -0.1) is 0 Å². The zero-order chi connectivity index (χ0) is 16.2. The summed E-state index contributed by atoms with van der Waals surface area (Å²) in [7, 11) is 1.54. The van der Waals surface area contributed by atoms with Crippen molar-refractivity contribution in [2.45, 2.75) is 33.3 Å². The second-order valence-corrected chi connectivity index (χ2v) is 5.39. The molecule has 21 heavy (non-hydrogen) atoms. The molecule has 0 saturated heterocycles. The molecular formula is C14H19N3O4. The summed E-state index contributed by atoms with van der Waals surface area (Å²) in [6, 6.07) is 0. The monoisotopic (exact) mass is 293 g/mol. The smallest absolute Gasteiger partial charge is 0.408 e. The summed E-state index contributed by atoms with van der Waals surface area (Å²) in [5, 5.41) is 15.6. The molecule has 0 atom stereocenters. The van der Waals surface area contributed by atoms with Gasteiger partial charge in [0.1, 0.15) is 5.60 Å². The lowest BCUT2D eigenvalue weighted by Gasteiger charge is -2.18. The quantitative estimate of drug-likeness (QED) is 0.802. The number of carboxylic acid groups (broad SMARTS) is 1. The Balaban J connectivity index is 2.73. The van der Waals surface area contributed by atoms with E-state index >= 15 is 0 Å². The maximum atomic E-state index is 11.4. The van der Waals surface area contributed by atoms with E-state index in [0.717, 1.165) is 0 Å². The number of aryl methyl sites for hydroxylation is 2. The van der Waals surface area contributed by atoms with Crippen LogP contribution in [0.3, 0.4) is 0 Å². The van der Waals surface area contributed by atoms with Gasteiger partial charge < -0.3 is 15.2 Å². The van der Waals surface area contributed by atoms with Crippen molar-refractivity contribution < 1.29 is 19.4 Å². The number of hydrogen-bond acceptors (Lipinski definition) is 4. The number of carboxylic acids is 1. The van der Waals surface area contributed by atoms with E-state index in [4.69, 9.17) is 9.84 Å². The first-order valence-electron chi connectivity index (χ1n) is 6.34. The molecule has 0 bridgehead atoms. The Morgan fingerprint density at radius 3 is 2.57 bits per heavy atom. The van der Waals surface area contributed by atoms with E-state index in [0.29, 0.717) is 11.3 Å². The van der Waals surface area contributed by atoms with E-state index < -0.39 is 17.7 Å². The van der Waals surface area contributed by atoms with Gasteiger partial charge >= 0.3 is 12.1 Å². The van der Waals surface area contributed by atoms with E-state index in [1.54, 1.807) is 34.7 Å². The third kappa shape index (κ3) is 4.84. The SMILES string of the molecule is Cc1nn(C)c(C(=O)O)c1C#CCNC(=O)OC(C)(C)C. The zero-order valence-corrected chi connectivity index (χ0v) is 12.8. The number of nitrogens with zero attached hydrogens (tertiary/aromatic N) is 2. The van der Waals surface area contributed by atoms with E-state index in [1.165, 1.54) is 4.68 Å². The molecule has 1 rings (SSSR count). The van der Waals surface area contributed by atoms with Crippen molar-refractivity contribution in [1.82, 2.24) is 15.1 Å². The minimum Gasteiger partial charge on any atom is -0.476 e. The van der Waals surface area contributed by atoms with Crippen LogP contribution in [0.1, 0.15) is 42.5 Å². The van der Waals surface area contributed by atoms with Crippen molar-refractivity contribution in [2.75, 3.05) is 6.54 Å². The fraction of sp³-hybridized carbons (Fsp3) is 0.500. The molecule has 0 fully saturated rings. The van der Waals surface area contributed by atoms with Crippen LogP contribution in [0, 0.1) is 18.8 Å². The highest BCUT2D eigenvalue weighted by Crippen LogP contribution is 2.11. The molecule has 0 saturated carbocycles. The number of alkyl carbamates (subject to hydrolysis) is 1. The Kier molecular flexibility index (Phi) is 4.97. The van der Waals surface area contributed by atoms with Crippen LogP contribution in [-0.4, -0.2) is 39.1 Å². The molecule has 1 heterocycles. The maximum Gasteiger partial charge on any atom is 0.408 e. The first kappa shape index (κ1) is 16.6. The molecule has 1 aromatic rings. The van der Waals surface area contributed by atoms with E-state index in [9.17, 15) is 9.59 Å². The van der Waals surface area contributed by atoms with Gasteiger partial charge in [0.15, 0.2) is 5.69 Å². The summed E-state index contributed by atoms with van der Waals surface area (Å²) in [5.41, 5.74) is 0.321. The molecule has 0 spiro atoms. The molecule has 114 valence electrons. The summed E-state index contributed by atoms with van der Waals surface area (Å²) in [4.78, 5) is 22.5. The van der Waals surface area contributed by atoms with Gasteiger partial charge in [0.2, 0.25) is 0 Å².